The van der Waals surface area contributed by atoms with Gasteiger partial charge in [-0.3, -0.25) is 4.99 Å². The van der Waals surface area contributed by atoms with E-state index in [2.05, 4.69) is 22.5 Å². The van der Waals surface area contributed by atoms with E-state index in [1.165, 1.54) is 12.8 Å². The zero-order chi connectivity index (χ0) is 19.4. The topological polar surface area (TPSA) is 73.8 Å². The van der Waals surface area contributed by atoms with Crippen LogP contribution in [0, 0.1) is 11.8 Å². The fourth-order valence-corrected chi connectivity index (χ4v) is 4.68. The van der Waals surface area contributed by atoms with Crippen LogP contribution >= 0.6 is 24.0 Å². The van der Waals surface area contributed by atoms with Crippen molar-refractivity contribution in [3.8, 4) is 0 Å². The summed E-state index contributed by atoms with van der Waals surface area (Å²) in [6.45, 7) is 2.62. The molecule has 2 aliphatic rings. The number of halogens is 4. The number of hydrogen-bond donors (Lipinski definition) is 2. The van der Waals surface area contributed by atoms with Crippen LogP contribution in [0.1, 0.15) is 45.4 Å². The van der Waals surface area contributed by atoms with E-state index in [0.717, 1.165) is 12.8 Å². The van der Waals surface area contributed by atoms with Crippen molar-refractivity contribution in [1.82, 2.24) is 14.9 Å². The number of nitrogens with one attached hydrogen (secondary N) is 2. The zero-order valence-corrected chi connectivity index (χ0v) is 18.9. The van der Waals surface area contributed by atoms with Gasteiger partial charge in [-0.2, -0.15) is 17.5 Å². The highest BCUT2D eigenvalue weighted by molar-refractivity contribution is 14.0. The Balaban J connectivity index is 0.00000364. The molecule has 0 spiro atoms. The van der Waals surface area contributed by atoms with Crippen LogP contribution in [0.15, 0.2) is 4.99 Å². The van der Waals surface area contributed by atoms with Crippen LogP contribution in [-0.4, -0.2) is 56.9 Å². The zero-order valence-electron chi connectivity index (χ0n) is 15.8. The number of sulfonamides is 1. The number of alkyl halides is 3. The number of aliphatic imine (C=N–C) groups is 1. The Morgan fingerprint density at radius 3 is 2.33 bits per heavy atom. The maximum absolute atomic E-state index is 12.6. The first-order chi connectivity index (χ1) is 12.1. The third-order valence-electron chi connectivity index (χ3n) is 5.26. The predicted octanol–water partition coefficient (Wildman–Crippen LogP) is 2.91. The van der Waals surface area contributed by atoms with Gasteiger partial charge < -0.3 is 10.6 Å². The number of guanidine groups is 1. The first-order valence-corrected chi connectivity index (χ1v) is 10.6. The maximum Gasteiger partial charge on any atom is 0.511 e. The lowest BCUT2D eigenvalue weighted by molar-refractivity contribution is -0.0496. The average molecular weight is 526 g/mol. The number of piperidine rings is 1. The molecule has 6 nitrogen and oxygen atoms in total. The van der Waals surface area contributed by atoms with E-state index in [4.69, 9.17) is 0 Å². The van der Waals surface area contributed by atoms with Gasteiger partial charge in [-0.25, -0.2) is 8.42 Å². The summed E-state index contributed by atoms with van der Waals surface area (Å²) in [7, 11) is -3.51. The van der Waals surface area contributed by atoms with Gasteiger partial charge in [0.1, 0.15) is 0 Å². The smallest absolute Gasteiger partial charge is 0.356 e. The molecule has 1 aliphatic carbocycles. The Labute approximate surface area is 176 Å². The van der Waals surface area contributed by atoms with Crippen molar-refractivity contribution in [3.63, 3.8) is 0 Å². The molecule has 1 aliphatic heterocycles. The molecule has 2 atom stereocenters. The summed E-state index contributed by atoms with van der Waals surface area (Å²) in [4.78, 5) is 4.22. The fraction of sp³-hybridized carbons (Fsp3) is 0.938. The third-order valence-corrected chi connectivity index (χ3v) is 6.89. The highest BCUT2D eigenvalue weighted by atomic mass is 127. The molecule has 160 valence electrons. The second kappa shape index (κ2) is 10.5. The molecule has 27 heavy (non-hydrogen) atoms. The van der Waals surface area contributed by atoms with E-state index in [1.54, 1.807) is 7.05 Å². The highest BCUT2D eigenvalue weighted by Gasteiger charge is 2.50. The van der Waals surface area contributed by atoms with Crippen LogP contribution in [0.4, 0.5) is 13.2 Å². The van der Waals surface area contributed by atoms with Crippen LogP contribution in [0.25, 0.3) is 0 Å². The Morgan fingerprint density at radius 1 is 1.19 bits per heavy atom. The van der Waals surface area contributed by atoms with Crippen LogP contribution in [-0.2, 0) is 10.0 Å². The Morgan fingerprint density at radius 2 is 1.81 bits per heavy atom. The molecule has 0 aromatic heterocycles. The molecule has 1 heterocycles. The number of hydrogen-bond acceptors (Lipinski definition) is 3. The van der Waals surface area contributed by atoms with Gasteiger partial charge in [0.25, 0.3) is 0 Å². The van der Waals surface area contributed by atoms with Gasteiger partial charge in [0.05, 0.1) is 0 Å². The first kappa shape index (κ1) is 24.7. The van der Waals surface area contributed by atoms with Gasteiger partial charge in [0, 0.05) is 32.7 Å². The van der Waals surface area contributed by atoms with Crippen LogP contribution in [0.2, 0.25) is 0 Å². The fourth-order valence-electron chi connectivity index (χ4n) is 3.69. The monoisotopic (exact) mass is 526 g/mol. The van der Waals surface area contributed by atoms with Gasteiger partial charge in [-0.1, -0.05) is 19.8 Å². The quantitative estimate of drug-likeness (QED) is 0.336. The van der Waals surface area contributed by atoms with E-state index in [1.807, 2.05) is 0 Å². The molecule has 1 saturated carbocycles. The minimum Gasteiger partial charge on any atom is -0.356 e. The van der Waals surface area contributed by atoms with Crippen LogP contribution in [0.3, 0.4) is 0 Å². The van der Waals surface area contributed by atoms with Crippen LogP contribution in [0.5, 0.6) is 0 Å². The average Bonchev–Trinajstić information content (AvgIpc) is 2.58. The van der Waals surface area contributed by atoms with Crippen molar-refractivity contribution < 1.29 is 21.6 Å². The molecule has 0 aromatic rings. The van der Waals surface area contributed by atoms with E-state index >= 15 is 0 Å². The van der Waals surface area contributed by atoms with E-state index in [9.17, 15) is 21.6 Å². The number of rotatable bonds is 4. The number of nitrogens with zero attached hydrogens (tertiary/aromatic N) is 2. The summed E-state index contributed by atoms with van der Waals surface area (Å²) in [6, 6.07) is 0.392. The van der Waals surface area contributed by atoms with Crippen molar-refractivity contribution in [1.29, 1.82) is 0 Å². The van der Waals surface area contributed by atoms with Gasteiger partial charge in [0.2, 0.25) is 0 Å². The normalized spacial score (nSPS) is 26.3. The van der Waals surface area contributed by atoms with Gasteiger partial charge in [-0.15, -0.1) is 24.0 Å². The molecule has 2 N–H and O–H groups in total. The molecule has 0 radical (unpaired) electrons. The van der Waals surface area contributed by atoms with Gasteiger partial charge in [0.15, 0.2) is 5.96 Å². The van der Waals surface area contributed by atoms with Crippen molar-refractivity contribution in [3.05, 3.63) is 0 Å². The Kier molecular flexibility index (Phi) is 9.59. The van der Waals surface area contributed by atoms with Gasteiger partial charge in [-0.05, 0) is 37.5 Å². The van der Waals surface area contributed by atoms with Gasteiger partial charge >= 0.3 is 15.5 Å². The Bertz CT molecular complexity index is 593. The van der Waals surface area contributed by atoms with E-state index < -0.39 is 15.5 Å². The Hall–Kier alpha value is -0.300. The minimum atomic E-state index is -5.22. The molecule has 0 amide bonds. The molecular weight excluding hydrogens is 496 g/mol. The second-order valence-corrected chi connectivity index (χ2v) is 9.29. The lowest BCUT2D eigenvalue weighted by Gasteiger charge is -2.32. The van der Waals surface area contributed by atoms with Crippen molar-refractivity contribution in [2.75, 3.05) is 26.7 Å². The summed E-state index contributed by atoms with van der Waals surface area (Å²) < 4.78 is 61.2. The molecule has 2 fully saturated rings. The van der Waals surface area contributed by atoms with Crippen molar-refractivity contribution in [2.24, 2.45) is 16.8 Å². The van der Waals surface area contributed by atoms with Crippen molar-refractivity contribution >= 4 is 40.0 Å². The lowest BCUT2D eigenvalue weighted by Crippen LogP contribution is -2.49. The third kappa shape index (κ3) is 6.91. The van der Waals surface area contributed by atoms with E-state index in [0.29, 0.717) is 41.6 Å². The molecule has 0 bridgehead atoms. The van der Waals surface area contributed by atoms with E-state index in [-0.39, 0.29) is 43.0 Å². The lowest BCUT2D eigenvalue weighted by atomic mass is 9.87. The maximum atomic E-state index is 12.6. The van der Waals surface area contributed by atoms with Crippen molar-refractivity contribution in [2.45, 2.75) is 57.0 Å². The summed E-state index contributed by atoms with van der Waals surface area (Å²) in [5, 5.41) is 6.65. The largest absolute Gasteiger partial charge is 0.511 e. The SMILES string of the molecule is CN=C(NCC1CCN(S(=O)(=O)C(F)(F)F)CC1)NC1CCCC(C)C1.I. The highest BCUT2D eigenvalue weighted by Crippen LogP contribution is 2.30. The summed E-state index contributed by atoms with van der Waals surface area (Å²) in [5.74, 6) is 1.52. The standard InChI is InChI=1S/C16H29F3N4O2S.HI/c1-12-4-3-5-14(10-12)22-15(20-2)21-11-13-6-8-23(9-7-13)26(24,25)16(17,18)19;/h12-14H,3-11H2,1-2H3,(H2,20,21,22);1H. The molecule has 2 rings (SSSR count). The summed E-state index contributed by atoms with van der Waals surface area (Å²) in [6.07, 6.45) is 5.47. The molecule has 0 aromatic carbocycles. The summed E-state index contributed by atoms with van der Waals surface area (Å²) in [5.41, 5.74) is -5.22. The molecule has 1 saturated heterocycles. The van der Waals surface area contributed by atoms with Crippen LogP contribution < -0.4 is 10.6 Å². The summed E-state index contributed by atoms with van der Waals surface area (Å²) >= 11 is 0. The molecule has 11 heteroatoms. The first-order valence-electron chi connectivity index (χ1n) is 9.17. The molecule has 2 unspecified atom stereocenters. The molecular formula is C16H30F3IN4O2S. The second-order valence-electron chi connectivity index (χ2n) is 7.36. The minimum absolute atomic E-state index is 0. The predicted molar refractivity (Wildman–Crippen MR) is 111 cm³/mol.